The molecule has 2 aliphatic heterocycles. The van der Waals surface area contributed by atoms with Gasteiger partial charge in [-0.05, 0) is 53.8 Å². The Morgan fingerprint density at radius 3 is 2.68 bits per heavy atom. The largest absolute Gasteiger partial charge is 0.311 e. The Kier molecular flexibility index (Phi) is 4.91. The van der Waals surface area contributed by atoms with Crippen molar-refractivity contribution in [3.05, 3.63) is 74.8 Å². The van der Waals surface area contributed by atoms with Crippen molar-refractivity contribution in [2.24, 2.45) is 5.92 Å². The summed E-state index contributed by atoms with van der Waals surface area (Å²) < 4.78 is 2.07. The van der Waals surface area contributed by atoms with Crippen molar-refractivity contribution < 1.29 is 0 Å². The normalized spacial score (nSPS) is 21.5. The van der Waals surface area contributed by atoms with Crippen LogP contribution < -0.4 is 5.56 Å². The van der Waals surface area contributed by atoms with Crippen molar-refractivity contribution in [3.8, 4) is 11.1 Å². The quantitative estimate of drug-likeness (QED) is 0.573. The van der Waals surface area contributed by atoms with Crippen LogP contribution in [0.15, 0.2) is 63.6 Å². The maximum Gasteiger partial charge on any atom is 0.250 e. The monoisotopic (exact) mass is 408 g/mol. The van der Waals surface area contributed by atoms with E-state index in [0.29, 0.717) is 11.8 Å². The van der Waals surface area contributed by atoms with Gasteiger partial charge >= 0.3 is 0 Å². The van der Waals surface area contributed by atoms with Gasteiger partial charge in [-0.25, -0.2) is 0 Å². The fraction of sp³-hybridized carbons (Fsp3) is 0.348. The Morgan fingerprint density at radius 1 is 1.07 bits per heavy atom. The van der Waals surface area contributed by atoms with Gasteiger partial charge in [-0.15, -0.1) is 23.1 Å². The van der Waals surface area contributed by atoms with E-state index in [1.807, 2.05) is 17.4 Å². The second-order valence-electron chi connectivity index (χ2n) is 7.88. The summed E-state index contributed by atoms with van der Waals surface area (Å²) in [6.07, 6.45) is 3.30. The molecule has 144 valence electrons. The van der Waals surface area contributed by atoms with Crippen LogP contribution in [0.5, 0.6) is 0 Å². The van der Waals surface area contributed by atoms with Crippen molar-refractivity contribution >= 4 is 23.1 Å². The number of hydrogen-bond acceptors (Lipinski definition) is 4. The van der Waals surface area contributed by atoms with E-state index in [9.17, 15) is 4.79 Å². The number of hydrogen-bond donors (Lipinski definition) is 0. The van der Waals surface area contributed by atoms with E-state index in [4.69, 9.17) is 0 Å². The van der Waals surface area contributed by atoms with Crippen LogP contribution in [0.3, 0.4) is 0 Å². The zero-order chi connectivity index (χ0) is 19.1. The maximum atomic E-state index is 12.7. The first-order valence-electron chi connectivity index (χ1n) is 9.84. The van der Waals surface area contributed by atoms with Crippen LogP contribution >= 0.6 is 23.1 Å². The fourth-order valence-corrected chi connectivity index (χ4v) is 6.04. The van der Waals surface area contributed by atoms with Crippen LogP contribution in [0.1, 0.15) is 22.9 Å². The highest BCUT2D eigenvalue weighted by molar-refractivity contribution is 7.98. The number of pyridine rings is 1. The van der Waals surface area contributed by atoms with Gasteiger partial charge < -0.3 is 4.57 Å². The summed E-state index contributed by atoms with van der Waals surface area (Å²) in [7, 11) is 0. The van der Waals surface area contributed by atoms with Crippen molar-refractivity contribution in [2.75, 3.05) is 19.3 Å². The number of fused-ring (bicyclic) bond motifs is 4. The summed E-state index contributed by atoms with van der Waals surface area (Å²) in [5, 5.41) is 2.16. The van der Waals surface area contributed by atoms with E-state index in [1.165, 1.54) is 33.0 Å². The third-order valence-electron chi connectivity index (χ3n) is 6.03. The van der Waals surface area contributed by atoms with Crippen molar-refractivity contribution in [3.63, 3.8) is 0 Å². The Morgan fingerprint density at radius 2 is 1.93 bits per heavy atom. The van der Waals surface area contributed by atoms with Gasteiger partial charge in [0, 0.05) is 59.2 Å². The lowest BCUT2D eigenvalue weighted by Crippen LogP contribution is -2.46. The van der Waals surface area contributed by atoms with Gasteiger partial charge in [0.15, 0.2) is 0 Å². The number of rotatable bonds is 4. The molecule has 2 unspecified atom stereocenters. The first-order chi connectivity index (χ1) is 13.7. The number of thioether (sulfide) groups is 1. The fourth-order valence-electron chi connectivity index (χ4n) is 4.88. The summed E-state index contributed by atoms with van der Waals surface area (Å²) >= 11 is 3.60. The molecule has 0 spiro atoms. The SMILES string of the molecule is CSc1ccc(-c2ccc(=O)n3c2C2CC(CN(Cc4cccs4)C2)C3)cc1. The van der Waals surface area contributed by atoms with Crippen LogP contribution in [-0.2, 0) is 13.1 Å². The molecule has 0 amide bonds. The molecule has 0 aliphatic carbocycles. The van der Waals surface area contributed by atoms with E-state index in [2.05, 4.69) is 57.5 Å². The number of benzene rings is 1. The molecule has 4 heterocycles. The molecule has 1 saturated heterocycles. The Labute approximate surface area is 174 Å². The lowest BCUT2D eigenvalue weighted by Gasteiger charge is -2.43. The molecule has 5 rings (SSSR count). The highest BCUT2D eigenvalue weighted by Gasteiger charge is 2.36. The standard InChI is InChI=1S/C23H24N2OS2/c1-27-19-6-4-17(5-7-19)21-8-9-22(26)25-13-16-11-18(23(21)25)14-24(12-16)15-20-3-2-10-28-20/h2-10,16,18H,11-15H2,1H3. The summed E-state index contributed by atoms with van der Waals surface area (Å²) in [5.74, 6) is 0.995. The molecule has 2 atom stereocenters. The molecule has 28 heavy (non-hydrogen) atoms. The molecule has 5 heteroatoms. The van der Waals surface area contributed by atoms with E-state index in [1.54, 1.807) is 17.8 Å². The first-order valence-corrected chi connectivity index (χ1v) is 11.9. The smallest absolute Gasteiger partial charge is 0.250 e. The van der Waals surface area contributed by atoms with Crippen molar-refractivity contribution in [2.45, 2.75) is 30.3 Å². The molecular formula is C23H24N2OS2. The third-order valence-corrected chi connectivity index (χ3v) is 7.63. The molecule has 2 bridgehead atoms. The molecule has 0 N–H and O–H groups in total. The molecule has 0 radical (unpaired) electrons. The molecule has 3 aromatic rings. The number of likely N-dealkylation sites (tertiary alicyclic amines) is 1. The van der Waals surface area contributed by atoms with Crippen LogP contribution in [0.2, 0.25) is 0 Å². The molecule has 1 fully saturated rings. The lowest BCUT2D eigenvalue weighted by molar-refractivity contribution is 0.115. The Bertz CT molecular complexity index is 1020. The number of nitrogens with zero attached hydrogens (tertiary/aromatic N) is 2. The Balaban J connectivity index is 1.52. The number of aromatic nitrogens is 1. The zero-order valence-corrected chi connectivity index (χ0v) is 17.6. The summed E-state index contributed by atoms with van der Waals surface area (Å²) in [6.45, 7) is 4.00. The van der Waals surface area contributed by atoms with Crippen LogP contribution in [0.4, 0.5) is 0 Å². The predicted molar refractivity (Wildman–Crippen MR) is 118 cm³/mol. The highest BCUT2D eigenvalue weighted by atomic mass is 32.2. The minimum absolute atomic E-state index is 0.154. The van der Waals surface area contributed by atoms with Gasteiger partial charge in [0.1, 0.15) is 0 Å². The van der Waals surface area contributed by atoms with Gasteiger partial charge in [-0.1, -0.05) is 18.2 Å². The summed E-state index contributed by atoms with van der Waals surface area (Å²) in [4.78, 5) is 18.0. The second kappa shape index (κ2) is 7.54. The summed E-state index contributed by atoms with van der Waals surface area (Å²) in [6, 6.07) is 16.9. The maximum absolute atomic E-state index is 12.7. The molecule has 3 nitrogen and oxygen atoms in total. The van der Waals surface area contributed by atoms with Crippen molar-refractivity contribution in [1.29, 1.82) is 0 Å². The molecule has 2 aliphatic rings. The number of thiophene rings is 1. The number of piperidine rings is 1. The highest BCUT2D eigenvalue weighted by Crippen LogP contribution is 2.40. The lowest BCUT2D eigenvalue weighted by atomic mass is 9.80. The Hall–Kier alpha value is -1.82. The minimum atomic E-state index is 0.154. The predicted octanol–water partition coefficient (Wildman–Crippen LogP) is 4.92. The third kappa shape index (κ3) is 3.36. The topological polar surface area (TPSA) is 25.2 Å². The van der Waals surface area contributed by atoms with Gasteiger partial charge in [-0.2, -0.15) is 0 Å². The van der Waals surface area contributed by atoms with Crippen LogP contribution in [0, 0.1) is 5.92 Å². The van der Waals surface area contributed by atoms with Gasteiger partial charge in [0.05, 0.1) is 0 Å². The average molecular weight is 409 g/mol. The zero-order valence-electron chi connectivity index (χ0n) is 16.0. The van der Waals surface area contributed by atoms with Gasteiger partial charge in [0.2, 0.25) is 0 Å². The van der Waals surface area contributed by atoms with E-state index < -0.39 is 0 Å². The molecular weight excluding hydrogens is 384 g/mol. The van der Waals surface area contributed by atoms with Gasteiger partial charge in [0.25, 0.3) is 5.56 Å². The van der Waals surface area contributed by atoms with E-state index >= 15 is 0 Å². The van der Waals surface area contributed by atoms with Gasteiger partial charge in [-0.3, -0.25) is 9.69 Å². The van der Waals surface area contributed by atoms with Crippen molar-refractivity contribution in [1.82, 2.24) is 9.47 Å². The van der Waals surface area contributed by atoms with Crippen LogP contribution in [-0.4, -0.2) is 28.8 Å². The first kappa shape index (κ1) is 18.2. The van der Waals surface area contributed by atoms with E-state index in [0.717, 1.165) is 26.2 Å². The second-order valence-corrected chi connectivity index (χ2v) is 9.79. The summed E-state index contributed by atoms with van der Waals surface area (Å²) in [5.41, 5.74) is 3.85. The van der Waals surface area contributed by atoms with Crippen LogP contribution in [0.25, 0.3) is 11.1 Å². The van der Waals surface area contributed by atoms with E-state index in [-0.39, 0.29) is 5.56 Å². The molecule has 0 saturated carbocycles. The molecule has 1 aromatic carbocycles. The average Bonchev–Trinajstić information content (AvgIpc) is 3.22. The molecule has 2 aromatic heterocycles. The minimum Gasteiger partial charge on any atom is -0.311 e.